The molecule has 0 aliphatic rings. The van der Waals surface area contributed by atoms with E-state index in [4.69, 9.17) is 0 Å². The Labute approximate surface area is 238 Å². The monoisotopic (exact) mass is 612 g/mol. The zero-order valence-electron chi connectivity index (χ0n) is 20.7. The molecule has 1 nitrogen and oxygen atoms in total. The minimum atomic E-state index is -0.309. The van der Waals surface area contributed by atoms with Gasteiger partial charge in [-0.05, 0) is 55.8 Å². The molecule has 0 bridgehead atoms. The molecular weight excluding hydrogens is 581 g/mol. The molecule has 0 fully saturated rings. The Morgan fingerprint density at radius 2 is 0.676 bits per heavy atom. The van der Waals surface area contributed by atoms with Gasteiger partial charge in [-0.2, -0.15) is 36.4 Å². The van der Waals surface area contributed by atoms with Gasteiger partial charge in [0.2, 0.25) is 0 Å². The second kappa shape index (κ2) is 17.9. The van der Waals surface area contributed by atoms with Gasteiger partial charge in [-0.25, -0.2) is 0 Å². The molecule has 0 radical (unpaired) electrons. The van der Waals surface area contributed by atoms with Gasteiger partial charge in [-0.15, -0.1) is 0 Å². The second-order valence-electron chi connectivity index (χ2n) is 8.08. The Morgan fingerprint density at radius 1 is 0.405 bits per heavy atom. The van der Waals surface area contributed by atoms with Gasteiger partial charge in [0.05, 0.1) is 0 Å². The molecule has 0 atom stereocenters. The third kappa shape index (κ3) is 10.1. The minimum Gasteiger partial charge on any atom is -0.870 e. The van der Waals surface area contributed by atoms with E-state index in [9.17, 15) is 0 Å². The van der Waals surface area contributed by atoms with Crippen molar-refractivity contribution in [2.24, 2.45) is 0 Å². The first-order valence-corrected chi connectivity index (χ1v) is 15.1. The molecular formula is C33H32OP2Pd. The van der Waals surface area contributed by atoms with E-state index in [0.717, 1.165) is 0 Å². The molecule has 5 rings (SSSR count). The maximum atomic E-state index is 2.89. The summed E-state index contributed by atoms with van der Waals surface area (Å²) in [6.07, 6.45) is 3.72. The quantitative estimate of drug-likeness (QED) is 0.106. The molecule has 0 aliphatic heterocycles. The summed E-state index contributed by atoms with van der Waals surface area (Å²) in [4.78, 5) is 0. The first kappa shape index (κ1) is 30.8. The molecule has 0 unspecified atom stereocenters. The van der Waals surface area contributed by atoms with Crippen LogP contribution in [0.5, 0.6) is 0 Å². The first-order chi connectivity index (χ1) is 17.4. The Bertz CT molecular complexity index is 1020. The summed E-state index contributed by atoms with van der Waals surface area (Å²) in [5.74, 6) is 0. The van der Waals surface area contributed by atoms with E-state index in [0.29, 0.717) is 0 Å². The van der Waals surface area contributed by atoms with Crippen LogP contribution in [0.4, 0.5) is 0 Å². The predicted molar refractivity (Wildman–Crippen MR) is 160 cm³/mol. The van der Waals surface area contributed by atoms with E-state index in [1.807, 2.05) is 30.3 Å². The SMILES string of the molecule is [OH-].[Pd+2].[c-]1ccccc1.c1ccc(P(CCCP(c2ccccc2)c2ccccc2)c2ccccc2)cc1. The number of hydrogen-bond acceptors (Lipinski definition) is 1. The fourth-order valence-corrected chi connectivity index (χ4v) is 8.93. The summed E-state index contributed by atoms with van der Waals surface area (Å²) < 4.78 is 0. The van der Waals surface area contributed by atoms with E-state index in [1.165, 1.54) is 40.0 Å². The average molecular weight is 613 g/mol. The zero-order valence-corrected chi connectivity index (χ0v) is 24.1. The van der Waals surface area contributed by atoms with Crippen LogP contribution in [0.3, 0.4) is 0 Å². The molecule has 0 aliphatic carbocycles. The van der Waals surface area contributed by atoms with Crippen molar-refractivity contribution in [2.75, 3.05) is 12.3 Å². The van der Waals surface area contributed by atoms with Crippen LogP contribution < -0.4 is 21.2 Å². The molecule has 5 aromatic carbocycles. The van der Waals surface area contributed by atoms with Gasteiger partial charge in [-0.1, -0.05) is 121 Å². The van der Waals surface area contributed by atoms with Gasteiger partial charge in [0.1, 0.15) is 0 Å². The van der Waals surface area contributed by atoms with E-state index >= 15 is 0 Å². The van der Waals surface area contributed by atoms with Crippen molar-refractivity contribution in [2.45, 2.75) is 6.42 Å². The molecule has 0 aromatic heterocycles. The maximum absolute atomic E-state index is 2.89. The molecule has 5 aromatic rings. The Hall–Kier alpha value is -2.42. The van der Waals surface area contributed by atoms with Crippen molar-refractivity contribution in [1.82, 2.24) is 0 Å². The fourth-order valence-electron chi connectivity index (χ4n) is 3.98. The Morgan fingerprint density at radius 3 is 0.892 bits per heavy atom. The summed E-state index contributed by atoms with van der Waals surface area (Å²) >= 11 is 0. The standard InChI is InChI=1S/C27H26P2.C6H5.H2O.Pd/c1-5-14-24(15-6-1)28(25-16-7-2-8-17-25)22-13-23-29(26-18-9-3-10-19-26)27-20-11-4-12-21-27;1-2-4-6-5-3-1;;/h1-12,14-21H,13,22-23H2;1-5H;1H2;/q;-1;;+2/p-1. The van der Waals surface area contributed by atoms with Gasteiger partial charge in [0.25, 0.3) is 0 Å². The third-order valence-corrected chi connectivity index (χ3v) is 10.9. The molecule has 0 saturated carbocycles. The first-order valence-electron chi connectivity index (χ1n) is 12.1. The largest absolute Gasteiger partial charge is 2.00 e. The van der Waals surface area contributed by atoms with Crippen LogP contribution in [0.1, 0.15) is 6.42 Å². The van der Waals surface area contributed by atoms with Gasteiger partial charge < -0.3 is 5.48 Å². The Kier molecular flexibility index (Phi) is 14.9. The van der Waals surface area contributed by atoms with Crippen molar-refractivity contribution in [1.29, 1.82) is 0 Å². The molecule has 1 N–H and O–H groups in total. The smallest absolute Gasteiger partial charge is 0.870 e. The minimum absolute atomic E-state index is 0. The third-order valence-electron chi connectivity index (χ3n) is 5.64. The topological polar surface area (TPSA) is 30.0 Å². The average Bonchev–Trinajstić information content (AvgIpc) is 2.96. The van der Waals surface area contributed by atoms with Crippen LogP contribution >= 0.6 is 15.8 Å². The van der Waals surface area contributed by atoms with Gasteiger partial charge in [-0.3, -0.25) is 0 Å². The molecule has 0 amide bonds. The summed E-state index contributed by atoms with van der Waals surface area (Å²) in [5.41, 5.74) is 0. The van der Waals surface area contributed by atoms with Crippen LogP contribution in [0.25, 0.3) is 0 Å². The van der Waals surface area contributed by atoms with Crippen molar-refractivity contribution in [3.05, 3.63) is 158 Å². The fraction of sp³-hybridized carbons (Fsp3) is 0.0909. The van der Waals surface area contributed by atoms with Crippen LogP contribution in [0.15, 0.2) is 152 Å². The zero-order chi connectivity index (χ0) is 24.0. The van der Waals surface area contributed by atoms with Crippen LogP contribution in [0.2, 0.25) is 0 Å². The molecule has 0 spiro atoms. The molecule has 0 heterocycles. The van der Waals surface area contributed by atoms with E-state index in [-0.39, 0.29) is 41.7 Å². The van der Waals surface area contributed by atoms with Crippen LogP contribution in [-0.4, -0.2) is 17.8 Å². The molecule has 4 heteroatoms. The molecule has 0 saturated heterocycles. The van der Waals surface area contributed by atoms with Crippen LogP contribution in [0, 0.1) is 6.07 Å². The van der Waals surface area contributed by atoms with Gasteiger partial charge in [0.15, 0.2) is 0 Å². The number of hydrogen-bond donors (Lipinski definition) is 0. The number of benzene rings is 5. The molecule has 37 heavy (non-hydrogen) atoms. The van der Waals surface area contributed by atoms with Crippen molar-refractivity contribution in [3.8, 4) is 0 Å². The Balaban J connectivity index is 0.000000531. The molecule has 190 valence electrons. The summed E-state index contributed by atoms with van der Waals surface area (Å²) in [7, 11) is -0.618. The predicted octanol–water partition coefficient (Wildman–Crippen LogP) is 6.95. The summed E-state index contributed by atoms with van der Waals surface area (Å²) in [6.45, 7) is 0. The van der Waals surface area contributed by atoms with Crippen LogP contribution in [-0.2, 0) is 20.4 Å². The van der Waals surface area contributed by atoms with Gasteiger partial charge in [0, 0.05) is 0 Å². The van der Waals surface area contributed by atoms with E-state index in [2.05, 4.69) is 127 Å². The normalized spacial score (nSPS) is 10.0. The summed E-state index contributed by atoms with van der Waals surface area (Å²) in [6, 6.07) is 56.8. The number of rotatable bonds is 8. The van der Waals surface area contributed by atoms with Crippen molar-refractivity contribution in [3.63, 3.8) is 0 Å². The van der Waals surface area contributed by atoms with E-state index in [1.54, 1.807) is 0 Å². The van der Waals surface area contributed by atoms with Crippen molar-refractivity contribution < 1.29 is 25.9 Å². The van der Waals surface area contributed by atoms with Gasteiger partial charge >= 0.3 is 20.4 Å². The second-order valence-corrected chi connectivity index (χ2v) is 12.7. The summed E-state index contributed by atoms with van der Waals surface area (Å²) in [5, 5.41) is 5.94. The maximum Gasteiger partial charge on any atom is 2.00 e. The van der Waals surface area contributed by atoms with E-state index < -0.39 is 0 Å². The van der Waals surface area contributed by atoms with Crippen molar-refractivity contribution >= 4 is 37.1 Å².